The Bertz CT molecular complexity index is 744. The Hall–Kier alpha value is -2.66. The van der Waals surface area contributed by atoms with Crippen molar-refractivity contribution in [3.63, 3.8) is 0 Å². The van der Waals surface area contributed by atoms with E-state index in [0.29, 0.717) is 12.1 Å². The van der Waals surface area contributed by atoms with E-state index in [1.54, 1.807) is 6.92 Å². The van der Waals surface area contributed by atoms with Gasteiger partial charge in [-0.05, 0) is 36.6 Å². The van der Waals surface area contributed by atoms with Crippen LogP contribution in [0.3, 0.4) is 0 Å². The average molecular weight is 353 g/mol. The average Bonchev–Trinajstić information content (AvgIpc) is 2.66. The second-order valence-electron chi connectivity index (χ2n) is 6.18. The first-order chi connectivity index (χ1) is 12.5. The molecule has 0 aromatic heterocycles. The largest absolute Gasteiger partial charge is 0.326 e. The predicted octanol–water partition coefficient (Wildman–Crippen LogP) is 4.02. The lowest BCUT2D eigenvalue weighted by atomic mass is 10.0. The SMILES string of the molecule is CCC(=O)Nc1cccc(NC(=O)CNC(CC)c2ccccc2)c1C. The molecular formula is C21H27N3O2. The van der Waals surface area contributed by atoms with Gasteiger partial charge < -0.3 is 16.0 Å². The molecule has 2 aromatic rings. The van der Waals surface area contributed by atoms with Crippen molar-refractivity contribution in [1.29, 1.82) is 0 Å². The molecule has 0 saturated heterocycles. The summed E-state index contributed by atoms with van der Waals surface area (Å²) < 4.78 is 0. The monoisotopic (exact) mass is 353 g/mol. The van der Waals surface area contributed by atoms with Crippen molar-refractivity contribution in [2.24, 2.45) is 0 Å². The van der Waals surface area contributed by atoms with Crippen molar-refractivity contribution >= 4 is 23.2 Å². The third kappa shape index (κ3) is 5.43. The van der Waals surface area contributed by atoms with Gasteiger partial charge >= 0.3 is 0 Å². The summed E-state index contributed by atoms with van der Waals surface area (Å²) in [5, 5.41) is 9.07. The molecule has 5 nitrogen and oxygen atoms in total. The molecule has 1 atom stereocenters. The standard InChI is InChI=1S/C21H27N3O2/c1-4-17(16-10-7-6-8-11-16)22-14-21(26)24-19-13-9-12-18(15(19)3)23-20(25)5-2/h6-13,17,22H,4-5,14H2,1-3H3,(H,23,25)(H,24,26). The Morgan fingerprint density at radius 3 is 2.08 bits per heavy atom. The summed E-state index contributed by atoms with van der Waals surface area (Å²) in [6, 6.07) is 15.7. The lowest BCUT2D eigenvalue weighted by Crippen LogP contribution is -2.31. The van der Waals surface area contributed by atoms with Gasteiger partial charge in [0.25, 0.3) is 0 Å². The summed E-state index contributed by atoms with van der Waals surface area (Å²) in [6.45, 7) is 6.00. The van der Waals surface area contributed by atoms with E-state index in [9.17, 15) is 9.59 Å². The Morgan fingerprint density at radius 1 is 0.885 bits per heavy atom. The van der Waals surface area contributed by atoms with Crippen molar-refractivity contribution in [2.45, 2.75) is 39.7 Å². The fourth-order valence-corrected chi connectivity index (χ4v) is 2.74. The number of carbonyl (C=O) groups is 2. The molecule has 0 heterocycles. The second-order valence-corrected chi connectivity index (χ2v) is 6.18. The molecule has 5 heteroatoms. The molecule has 0 aliphatic carbocycles. The van der Waals surface area contributed by atoms with Crippen LogP contribution in [0.15, 0.2) is 48.5 Å². The molecule has 0 fully saturated rings. The normalized spacial score (nSPS) is 11.7. The number of hydrogen-bond donors (Lipinski definition) is 3. The summed E-state index contributed by atoms with van der Waals surface area (Å²) in [5.74, 6) is -0.159. The highest BCUT2D eigenvalue weighted by atomic mass is 16.2. The summed E-state index contributed by atoms with van der Waals surface area (Å²) in [7, 11) is 0. The van der Waals surface area contributed by atoms with Gasteiger partial charge in [0, 0.05) is 23.8 Å². The molecule has 1 unspecified atom stereocenters. The van der Waals surface area contributed by atoms with E-state index >= 15 is 0 Å². The van der Waals surface area contributed by atoms with E-state index in [-0.39, 0.29) is 24.4 Å². The Labute approximate surface area is 155 Å². The van der Waals surface area contributed by atoms with Crippen LogP contribution in [-0.2, 0) is 9.59 Å². The number of hydrogen-bond acceptors (Lipinski definition) is 3. The number of carbonyl (C=O) groups excluding carboxylic acids is 2. The zero-order chi connectivity index (χ0) is 18.9. The van der Waals surface area contributed by atoms with Gasteiger partial charge in [-0.2, -0.15) is 0 Å². The highest BCUT2D eigenvalue weighted by Crippen LogP contribution is 2.23. The van der Waals surface area contributed by atoms with E-state index in [4.69, 9.17) is 0 Å². The van der Waals surface area contributed by atoms with Crippen LogP contribution in [0.25, 0.3) is 0 Å². The van der Waals surface area contributed by atoms with Gasteiger partial charge in [-0.1, -0.05) is 50.2 Å². The molecule has 2 aromatic carbocycles. The predicted molar refractivity (Wildman–Crippen MR) is 106 cm³/mol. The highest BCUT2D eigenvalue weighted by molar-refractivity contribution is 5.96. The van der Waals surface area contributed by atoms with Crippen LogP contribution < -0.4 is 16.0 Å². The maximum absolute atomic E-state index is 12.3. The van der Waals surface area contributed by atoms with Gasteiger partial charge in [-0.3, -0.25) is 9.59 Å². The third-order valence-corrected chi connectivity index (χ3v) is 4.32. The second kappa shape index (κ2) is 9.73. The number of nitrogens with one attached hydrogen (secondary N) is 3. The van der Waals surface area contributed by atoms with Crippen molar-refractivity contribution in [3.05, 3.63) is 59.7 Å². The Morgan fingerprint density at radius 2 is 1.50 bits per heavy atom. The van der Waals surface area contributed by atoms with Gasteiger partial charge in [0.05, 0.1) is 6.54 Å². The first kappa shape index (κ1) is 19.7. The number of amides is 2. The van der Waals surface area contributed by atoms with Gasteiger partial charge in [0.2, 0.25) is 11.8 Å². The van der Waals surface area contributed by atoms with E-state index in [0.717, 1.165) is 17.7 Å². The van der Waals surface area contributed by atoms with Crippen LogP contribution in [0.5, 0.6) is 0 Å². The molecule has 0 aliphatic rings. The molecule has 0 radical (unpaired) electrons. The van der Waals surface area contributed by atoms with Crippen LogP contribution >= 0.6 is 0 Å². The maximum atomic E-state index is 12.3. The summed E-state index contributed by atoms with van der Waals surface area (Å²) >= 11 is 0. The zero-order valence-corrected chi connectivity index (χ0v) is 15.6. The first-order valence-corrected chi connectivity index (χ1v) is 9.02. The molecule has 2 amide bonds. The molecule has 138 valence electrons. The number of rotatable bonds is 8. The lowest BCUT2D eigenvalue weighted by Gasteiger charge is -2.18. The molecule has 26 heavy (non-hydrogen) atoms. The lowest BCUT2D eigenvalue weighted by molar-refractivity contribution is -0.116. The van der Waals surface area contributed by atoms with Crippen molar-refractivity contribution < 1.29 is 9.59 Å². The van der Waals surface area contributed by atoms with Crippen LogP contribution in [-0.4, -0.2) is 18.4 Å². The topological polar surface area (TPSA) is 70.2 Å². The minimum atomic E-state index is -0.110. The van der Waals surface area contributed by atoms with Crippen LogP contribution in [0.2, 0.25) is 0 Å². The first-order valence-electron chi connectivity index (χ1n) is 9.02. The highest BCUT2D eigenvalue weighted by Gasteiger charge is 2.12. The Kier molecular flexibility index (Phi) is 7.36. The molecular weight excluding hydrogens is 326 g/mol. The van der Waals surface area contributed by atoms with Crippen LogP contribution in [0.4, 0.5) is 11.4 Å². The van der Waals surface area contributed by atoms with Crippen molar-refractivity contribution in [2.75, 3.05) is 17.2 Å². The summed E-state index contributed by atoms with van der Waals surface area (Å²) in [5.41, 5.74) is 3.44. The molecule has 2 rings (SSSR count). The molecule has 3 N–H and O–H groups in total. The van der Waals surface area contributed by atoms with E-state index in [2.05, 4.69) is 35.0 Å². The van der Waals surface area contributed by atoms with Gasteiger partial charge in [0.1, 0.15) is 0 Å². The van der Waals surface area contributed by atoms with E-state index in [1.807, 2.05) is 43.3 Å². The van der Waals surface area contributed by atoms with Crippen LogP contribution in [0.1, 0.15) is 43.9 Å². The van der Waals surface area contributed by atoms with Crippen LogP contribution in [0, 0.1) is 6.92 Å². The molecule has 0 saturated carbocycles. The Balaban J connectivity index is 1.97. The fourth-order valence-electron chi connectivity index (χ4n) is 2.74. The van der Waals surface area contributed by atoms with Gasteiger partial charge in [-0.15, -0.1) is 0 Å². The summed E-state index contributed by atoms with van der Waals surface area (Å²) in [4.78, 5) is 23.9. The molecule has 0 aliphatic heterocycles. The minimum absolute atomic E-state index is 0.0492. The van der Waals surface area contributed by atoms with E-state index < -0.39 is 0 Å². The van der Waals surface area contributed by atoms with Gasteiger partial charge in [-0.25, -0.2) is 0 Å². The fraction of sp³-hybridized carbons (Fsp3) is 0.333. The quantitative estimate of drug-likeness (QED) is 0.671. The minimum Gasteiger partial charge on any atom is -0.326 e. The van der Waals surface area contributed by atoms with E-state index in [1.165, 1.54) is 5.56 Å². The number of anilines is 2. The van der Waals surface area contributed by atoms with Gasteiger partial charge in [0.15, 0.2) is 0 Å². The molecule has 0 spiro atoms. The zero-order valence-electron chi connectivity index (χ0n) is 15.6. The maximum Gasteiger partial charge on any atom is 0.238 e. The van der Waals surface area contributed by atoms with Crippen molar-refractivity contribution in [1.82, 2.24) is 5.32 Å². The van der Waals surface area contributed by atoms with Crippen molar-refractivity contribution in [3.8, 4) is 0 Å². The molecule has 0 bridgehead atoms. The number of benzene rings is 2. The third-order valence-electron chi connectivity index (χ3n) is 4.32. The smallest absolute Gasteiger partial charge is 0.238 e. The summed E-state index contributed by atoms with van der Waals surface area (Å²) in [6.07, 6.45) is 1.31.